The molecule has 0 amide bonds. The fraction of sp³-hybridized carbons (Fsp3) is 0.455. The summed E-state index contributed by atoms with van der Waals surface area (Å²) in [5.74, 6) is -0.420. The normalized spacial score (nSPS) is 25.9. The van der Waals surface area contributed by atoms with Gasteiger partial charge in [0.05, 0.1) is 10.1 Å². The molecule has 16 heavy (non-hydrogen) atoms. The highest BCUT2D eigenvalue weighted by Crippen LogP contribution is 2.23. The topological polar surface area (TPSA) is 46.2 Å². The van der Waals surface area contributed by atoms with Gasteiger partial charge in [-0.15, -0.1) is 0 Å². The lowest BCUT2D eigenvalue weighted by Gasteiger charge is -2.15. The molecule has 1 fully saturated rings. The van der Waals surface area contributed by atoms with Crippen molar-refractivity contribution in [2.24, 2.45) is 0 Å². The molecule has 1 aliphatic rings. The number of hydrogen-bond acceptors (Lipinski definition) is 3. The molecule has 88 valence electrons. The van der Waals surface area contributed by atoms with E-state index in [1.807, 2.05) is 6.92 Å². The first kappa shape index (κ1) is 11.5. The van der Waals surface area contributed by atoms with E-state index in [0.717, 1.165) is 0 Å². The monoisotopic (exact) mass is 243 g/mol. The number of nitrogens with one attached hydrogen (secondary N) is 1. The summed E-state index contributed by atoms with van der Waals surface area (Å²) in [4.78, 5) is 0.203. The fourth-order valence-electron chi connectivity index (χ4n) is 2.06. The molecule has 0 saturated carbocycles. The van der Waals surface area contributed by atoms with Crippen molar-refractivity contribution in [1.82, 2.24) is 5.32 Å². The van der Waals surface area contributed by atoms with Crippen molar-refractivity contribution in [1.29, 1.82) is 0 Å². The Hall–Kier alpha value is -0.940. The van der Waals surface area contributed by atoms with Gasteiger partial charge in [0.25, 0.3) is 0 Å². The first-order valence-corrected chi connectivity index (χ1v) is 6.79. The Morgan fingerprint density at radius 1 is 1.31 bits per heavy atom. The van der Waals surface area contributed by atoms with Crippen LogP contribution in [0.5, 0.6) is 0 Å². The summed E-state index contributed by atoms with van der Waals surface area (Å²) in [7, 11) is -3.33. The molecule has 0 aliphatic carbocycles. The number of sulfone groups is 1. The summed E-state index contributed by atoms with van der Waals surface area (Å²) >= 11 is 0. The molecule has 0 spiro atoms. The summed E-state index contributed by atoms with van der Waals surface area (Å²) < 4.78 is 37.1. The Labute approximate surface area is 94.6 Å². The number of halogens is 1. The van der Waals surface area contributed by atoms with Gasteiger partial charge in [-0.2, -0.15) is 0 Å². The Morgan fingerprint density at radius 2 is 1.94 bits per heavy atom. The van der Waals surface area contributed by atoms with E-state index in [2.05, 4.69) is 5.32 Å². The average molecular weight is 243 g/mol. The summed E-state index contributed by atoms with van der Waals surface area (Å²) in [5.41, 5.74) is 0. The van der Waals surface area contributed by atoms with Crippen molar-refractivity contribution in [3.63, 3.8) is 0 Å². The lowest BCUT2D eigenvalue weighted by atomic mass is 10.2. The quantitative estimate of drug-likeness (QED) is 0.798. The minimum atomic E-state index is -3.33. The molecule has 1 heterocycles. The van der Waals surface area contributed by atoms with Gasteiger partial charge in [0.1, 0.15) is 5.82 Å². The second-order valence-electron chi connectivity index (χ2n) is 4.07. The van der Waals surface area contributed by atoms with Gasteiger partial charge in [0.15, 0.2) is 9.84 Å². The Kier molecular flexibility index (Phi) is 2.99. The van der Waals surface area contributed by atoms with E-state index in [9.17, 15) is 12.8 Å². The summed E-state index contributed by atoms with van der Waals surface area (Å²) in [6, 6.07) is 4.97. The van der Waals surface area contributed by atoms with E-state index in [4.69, 9.17) is 0 Å². The third-order valence-corrected chi connectivity index (χ3v) is 5.36. The minimum absolute atomic E-state index is 0.0462. The van der Waals surface area contributed by atoms with Crippen LogP contribution in [-0.4, -0.2) is 26.3 Å². The van der Waals surface area contributed by atoms with Gasteiger partial charge in [0, 0.05) is 6.04 Å². The van der Waals surface area contributed by atoms with E-state index >= 15 is 0 Å². The van der Waals surface area contributed by atoms with Crippen LogP contribution < -0.4 is 5.32 Å². The predicted molar refractivity (Wildman–Crippen MR) is 59.5 cm³/mol. The minimum Gasteiger partial charge on any atom is -0.313 e. The molecule has 1 aliphatic heterocycles. The zero-order valence-electron chi connectivity index (χ0n) is 8.98. The van der Waals surface area contributed by atoms with Crippen molar-refractivity contribution < 1.29 is 12.8 Å². The van der Waals surface area contributed by atoms with Crippen molar-refractivity contribution in [3.05, 3.63) is 30.1 Å². The SMILES string of the molecule is CC1NCC[C@@H]1S(=O)(=O)c1ccc(F)cc1. The highest BCUT2D eigenvalue weighted by molar-refractivity contribution is 7.92. The lowest BCUT2D eigenvalue weighted by molar-refractivity contribution is 0.564. The molecule has 3 nitrogen and oxygen atoms in total. The van der Waals surface area contributed by atoms with Crippen molar-refractivity contribution in [2.45, 2.75) is 29.5 Å². The summed E-state index contributed by atoms with van der Waals surface area (Å²) in [6.45, 7) is 2.57. The van der Waals surface area contributed by atoms with Gasteiger partial charge in [-0.05, 0) is 44.2 Å². The second kappa shape index (κ2) is 4.14. The molecule has 1 aromatic rings. The molecule has 1 unspecified atom stereocenters. The van der Waals surface area contributed by atoms with E-state index < -0.39 is 20.9 Å². The summed E-state index contributed by atoms with van der Waals surface area (Å²) in [6.07, 6.45) is 0.612. The summed E-state index contributed by atoms with van der Waals surface area (Å²) in [5, 5.41) is 2.70. The predicted octanol–water partition coefficient (Wildman–Crippen LogP) is 1.35. The molecule has 1 aromatic carbocycles. The zero-order valence-corrected chi connectivity index (χ0v) is 9.80. The van der Waals surface area contributed by atoms with Gasteiger partial charge in [-0.1, -0.05) is 0 Å². The largest absolute Gasteiger partial charge is 0.313 e. The van der Waals surface area contributed by atoms with Crippen molar-refractivity contribution in [2.75, 3.05) is 6.54 Å². The van der Waals surface area contributed by atoms with Crippen LogP contribution in [-0.2, 0) is 9.84 Å². The molecule has 0 aromatic heterocycles. The van der Waals surface area contributed by atoms with Crippen LogP contribution in [0.25, 0.3) is 0 Å². The average Bonchev–Trinajstić information content (AvgIpc) is 2.66. The standard InChI is InChI=1S/C11H14FNO2S/c1-8-11(6-7-13-8)16(14,15)10-4-2-9(12)3-5-10/h2-5,8,11,13H,6-7H2,1H3/t8?,11-/m0/s1. The molecule has 0 radical (unpaired) electrons. The zero-order chi connectivity index (χ0) is 11.8. The maximum absolute atomic E-state index is 12.7. The molecule has 2 rings (SSSR count). The van der Waals surface area contributed by atoms with E-state index in [-0.39, 0.29) is 10.9 Å². The smallest absolute Gasteiger partial charge is 0.182 e. The number of rotatable bonds is 2. The van der Waals surface area contributed by atoms with Gasteiger partial charge in [-0.3, -0.25) is 0 Å². The van der Waals surface area contributed by atoms with Crippen LogP contribution in [0.2, 0.25) is 0 Å². The first-order chi connectivity index (χ1) is 7.51. The van der Waals surface area contributed by atoms with Crippen LogP contribution in [0.15, 0.2) is 29.2 Å². The van der Waals surface area contributed by atoms with Crippen LogP contribution in [0, 0.1) is 5.82 Å². The highest BCUT2D eigenvalue weighted by atomic mass is 32.2. The van der Waals surface area contributed by atoms with Gasteiger partial charge in [0.2, 0.25) is 0 Å². The van der Waals surface area contributed by atoms with Crippen molar-refractivity contribution >= 4 is 9.84 Å². The van der Waals surface area contributed by atoms with E-state index in [0.29, 0.717) is 13.0 Å². The molecule has 1 saturated heterocycles. The highest BCUT2D eigenvalue weighted by Gasteiger charge is 2.35. The third-order valence-electron chi connectivity index (χ3n) is 2.99. The van der Waals surface area contributed by atoms with Crippen molar-refractivity contribution in [3.8, 4) is 0 Å². The fourth-order valence-corrected chi connectivity index (χ4v) is 3.98. The Bertz CT molecular complexity index is 469. The maximum Gasteiger partial charge on any atom is 0.182 e. The molecule has 0 bridgehead atoms. The van der Waals surface area contributed by atoms with Crippen LogP contribution in [0.3, 0.4) is 0 Å². The second-order valence-corrected chi connectivity index (χ2v) is 6.24. The Balaban J connectivity index is 2.35. The van der Waals surface area contributed by atoms with Crippen LogP contribution in [0.1, 0.15) is 13.3 Å². The first-order valence-electron chi connectivity index (χ1n) is 5.24. The molecule has 1 N–H and O–H groups in total. The van der Waals surface area contributed by atoms with Crippen LogP contribution in [0.4, 0.5) is 4.39 Å². The molecule has 2 atom stereocenters. The number of hydrogen-bond donors (Lipinski definition) is 1. The molecular formula is C11H14FNO2S. The number of benzene rings is 1. The molecule has 5 heteroatoms. The molecular weight excluding hydrogens is 229 g/mol. The lowest BCUT2D eigenvalue weighted by Crippen LogP contribution is -2.33. The van der Waals surface area contributed by atoms with E-state index in [1.54, 1.807) is 0 Å². The maximum atomic E-state index is 12.7. The van der Waals surface area contributed by atoms with E-state index in [1.165, 1.54) is 24.3 Å². The van der Waals surface area contributed by atoms with Gasteiger partial charge < -0.3 is 5.32 Å². The van der Waals surface area contributed by atoms with Crippen LogP contribution >= 0.6 is 0 Å². The third kappa shape index (κ3) is 1.97. The Morgan fingerprint density at radius 3 is 2.44 bits per heavy atom. The van der Waals surface area contributed by atoms with Gasteiger partial charge >= 0.3 is 0 Å². The van der Waals surface area contributed by atoms with Gasteiger partial charge in [-0.25, -0.2) is 12.8 Å².